The molecule has 0 radical (unpaired) electrons. The van der Waals surface area contributed by atoms with Crippen molar-refractivity contribution in [3.63, 3.8) is 0 Å². The molecule has 96 valence electrons. The van der Waals surface area contributed by atoms with Gasteiger partial charge in [-0.05, 0) is 42.3 Å². The van der Waals surface area contributed by atoms with Crippen LogP contribution >= 0.6 is 0 Å². The fourth-order valence-corrected chi connectivity index (χ4v) is 2.12. The van der Waals surface area contributed by atoms with Crippen molar-refractivity contribution < 1.29 is 9.53 Å². The quantitative estimate of drug-likeness (QED) is 0.864. The van der Waals surface area contributed by atoms with Crippen LogP contribution in [0.3, 0.4) is 0 Å². The van der Waals surface area contributed by atoms with Gasteiger partial charge in [0, 0.05) is 17.9 Å². The highest BCUT2D eigenvalue weighted by Crippen LogP contribution is 2.25. The Morgan fingerprint density at radius 1 is 1.16 bits per heavy atom. The molecule has 1 aliphatic rings. The number of anilines is 2. The monoisotopic (exact) mass is 254 g/mol. The number of benzene rings is 2. The highest BCUT2D eigenvalue weighted by atomic mass is 16.6. The van der Waals surface area contributed by atoms with Crippen molar-refractivity contribution in [2.75, 3.05) is 17.2 Å². The Balaban J connectivity index is 1.66. The van der Waals surface area contributed by atoms with Gasteiger partial charge in [0.1, 0.15) is 5.75 Å². The van der Waals surface area contributed by atoms with E-state index in [1.54, 1.807) is 12.1 Å². The van der Waals surface area contributed by atoms with E-state index < -0.39 is 6.09 Å². The zero-order chi connectivity index (χ0) is 13.1. The Hall–Kier alpha value is -2.49. The first kappa shape index (κ1) is 11.6. The highest BCUT2D eigenvalue weighted by molar-refractivity contribution is 5.87. The molecule has 0 unspecified atom stereocenters. The van der Waals surface area contributed by atoms with Crippen LogP contribution in [0.4, 0.5) is 16.2 Å². The average molecular weight is 254 g/mol. The topological polar surface area (TPSA) is 50.4 Å². The molecule has 0 saturated carbocycles. The smallest absolute Gasteiger partial charge is 0.410 e. The van der Waals surface area contributed by atoms with Gasteiger partial charge in [-0.2, -0.15) is 0 Å². The predicted octanol–water partition coefficient (Wildman–Crippen LogP) is 3.27. The number of para-hydroxylation sites is 1. The van der Waals surface area contributed by atoms with Gasteiger partial charge >= 0.3 is 6.09 Å². The highest BCUT2D eigenvalue weighted by Gasteiger charge is 2.11. The lowest BCUT2D eigenvalue weighted by Crippen LogP contribution is -2.16. The first-order valence-corrected chi connectivity index (χ1v) is 6.22. The third-order valence-corrected chi connectivity index (χ3v) is 3.02. The maximum absolute atomic E-state index is 11.7. The summed E-state index contributed by atoms with van der Waals surface area (Å²) in [6.45, 7) is 0.952. The van der Waals surface area contributed by atoms with Crippen molar-refractivity contribution in [3.05, 3.63) is 54.1 Å². The van der Waals surface area contributed by atoms with Crippen LogP contribution in [0.5, 0.6) is 5.75 Å². The van der Waals surface area contributed by atoms with E-state index in [1.165, 1.54) is 5.56 Å². The largest absolute Gasteiger partial charge is 0.417 e. The minimum absolute atomic E-state index is 0.475. The molecule has 0 spiro atoms. The van der Waals surface area contributed by atoms with Crippen LogP contribution in [0.25, 0.3) is 0 Å². The van der Waals surface area contributed by atoms with E-state index in [4.69, 9.17) is 4.74 Å². The minimum Gasteiger partial charge on any atom is -0.410 e. The molecule has 0 fully saturated rings. The van der Waals surface area contributed by atoms with E-state index in [-0.39, 0.29) is 0 Å². The van der Waals surface area contributed by atoms with Crippen LogP contribution in [0.1, 0.15) is 5.56 Å². The second-order valence-corrected chi connectivity index (χ2v) is 4.38. The molecule has 1 heterocycles. The maximum atomic E-state index is 11.7. The van der Waals surface area contributed by atoms with E-state index in [0.717, 1.165) is 24.3 Å². The number of fused-ring (bicyclic) bond motifs is 1. The van der Waals surface area contributed by atoms with Crippen LogP contribution in [0.2, 0.25) is 0 Å². The van der Waals surface area contributed by atoms with Crippen LogP contribution in [0, 0.1) is 0 Å². The summed E-state index contributed by atoms with van der Waals surface area (Å²) in [6, 6.07) is 14.8. The molecule has 1 aliphatic heterocycles. The maximum Gasteiger partial charge on any atom is 0.417 e. The molecule has 1 amide bonds. The van der Waals surface area contributed by atoms with Gasteiger partial charge in [0.25, 0.3) is 0 Å². The third kappa shape index (κ3) is 2.68. The van der Waals surface area contributed by atoms with Gasteiger partial charge in [0.2, 0.25) is 0 Å². The predicted molar refractivity (Wildman–Crippen MR) is 74.7 cm³/mol. The zero-order valence-corrected chi connectivity index (χ0v) is 10.3. The number of carbonyl (C=O) groups is 1. The van der Waals surface area contributed by atoms with Gasteiger partial charge in [0.15, 0.2) is 0 Å². The van der Waals surface area contributed by atoms with E-state index in [1.807, 2.05) is 36.4 Å². The number of amides is 1. The van der Waals surface area contributed by atoms with E-state index in [2.05, 4.69) is 10.6 Å². The van der Waals surface area contributed by atoms with Crippen LogP contribution < -0.4 is 15.4 Å². The van der Waals surface area contributed by atoms with Gasteiger partial charge < -0.3 is 10.1 Å². The van der Waals surface area contributed by atoms with Crippen molar-refractivity contribution in [3.8, 4) is 5.75 Å². The number of nitrogens with one attached hydrogen (secondary N) is 2. The van der Waals surface area contributed by atoms with Gasteiger partial charge in [-0.15, -0.1) is 0 Å². The van der Waals surface area contributed by atoms with Crippen LogP contribution in [-0.2, 0) is 6.42 Å². The third-order valence-electron chi connectivity index (χ3n) is 3.02. The number of ether oxygens (including phenoxy) is 1. The summed E-state index contributed by atoms with van der Waals surface area (Å²) in [6.07, 6.45) is 0.510. The molecular formula is C15H14N2O2. The lowest BCUT2D eigenvalue weighted by Gasteiger charge is -2.08. The van der Waals surface area contributed by atoms with Crippen molar-refractivity contribution in [2.24, 2.45) is 0 Å². The average Bonchev–Trinajstić information content (AvgIpc) is 2.87. The molecule has 0 bridgehead atoms. The summed E-state index contributed by atoms with van der Waals surface area (Å²) < 4.78 is 5.17. The second-order valence-electron chi connectivity index (χ2n) is 4.38. The summed E-state index contributed by atoms with van der Waals surface area (Å²) in [5.74, 6) is 0.530. The number of carbonyl (C=O) groups excluding carboxylic acids is 1. The standard InChI is InChI=1S/C15H14N2O2/c18-15(19-13-4-2-1-3-5-13)17-12-6-7-14-11(10-12)8-9-16-14/h1-7,10,16H,8-9H2,(H,17,18). The Morgan fingerprint density at radius 3 is 2.84 bits per heavy atom. The molecule has 0 saturated heterocycles. The summed E-state index contributed by atoms with van der Waals surface area (Å²) in [5, 5.41) is 6.01. The summed E-state index contributed by atoms with van der Waals surface area (Å²) in [4.78, 5) is 11.7. The summed E-state index contributed by atoms with van der Waals surface area (Å²) >= 11 is 0. The molecular weight excluding hydrogens is 240 g/mol. The fraction of sp³-hybridized carbons (Fsp3) is 0.133. The van der Waals surface area contributed by atoms with Crippen LogP contribution in [0.15, 0.2) is 48.5 Å². The Labute approximate surface area is 111 Å². The van der Waals surface area contributed by atoms with E-state index >= 15 is 0 Å². The molecule has 0 aromatic heterocycles. The zero-order valence-electron chi connectivity index (χ0n) is 10.3. The minimum atomic E-state index is -0.475. The van der Waals surface area contributed by atoms with Crippen molar-refractivity contribution in [1.82, 2.24) is 0 Å². The van der Waals surface area contributed by atoms with E-state index in [0.29, 0.717) is 5.75 Å². The Kier molecular flexibility index (Phi) is 3.06. The first-order valence-electron chi connectivity index (χ1n) is 6.22. The molecule has 2 N–H and O–H groups in total. The molecule has 2 aromatic carbocycles. The van der Waals surface area contributed by atoms with Crippen LogP contribution in [-0.4, -0.2) is 12.6 Å². The number of hydrogen-bond acceptors (Lipinski definition) is 3. The molecule has 0 aliphatic carbocycles. The molecule has 4 heteroatoms. The molecule has 4 nitrogen and oxygen atoms in total. The normalized spacial score (nSPS) is 12.4. The SMILES string of the molecule is O=C(Nc1ccc2c(c1)CCN2)Oc1ccccc1. The first-order chi connectivity index (χ1) is 9.31. The van der Waals surface area contributed by atoms with Gasteiger partial charge in [0.05, 0.1) is 0 Å². The number of hydrogen-bond donors (Lipinski definition) is 2. The van der Waals surface area contributed by atoms with Gasteiger partial charge in [-0.3, -0.25) is 5.32 Å². The molecule has 3 rings (SSSR count). The Morgan fingerprint density at radius 2 is 2.00 bits per heavy atom. The van der Waals surface area contributed by atoms with Gasteiger partial charge in [-0.1, -0.05) is 18.2 Å². The molecule has 19 heavy (non-hydrogen) atoms. The molecule has 0 atom stereocenters. The van der Waals surface area contributed by atoms with Crippen molar-refractivity contribution in [1.29, 1.82) is 0 Å². The number of rotatable bonds is 2. The van der Waals surface area contributed by atoms with Crippen molar-refractivity contribution >= 4 is 17.5 Å². The van der Waals surface area contributed by atoms with E-state index in [9.17, 15) is 4.79 Å². The summed E-state index contributed by atoms with van der Waals surface area (Å²) in [5.41, 5.74) is 3.11. The lowest BCUT2D eigenvalue weighted by molar-refractivity contribution is 0.215. The fourth-order valence-electron chi connectivity index (χ4n) is 2.12. The Bertz CT molecular complexity index is 596. The molecule has 2 aromatic rings. The second kappa shape index (κ2) is 5.02. The van der Waals surface area contributed by atoms with Crippen molar-refractivity contribution in [2.45, 2.75) is 6.42 Å². The summed E-state index contributed by atoms with van der Waals surface area (Å²) in [7, 11) is 0. The van der Waals surface area contributed by atoms with Gasteiger partial charge in [-0.25, -0.2) is 4.79 Å². The lowest BCUT2D eigenvalue weighted by atomic mass is 10.1.